The number of aromatic nitrogens is 4. The second-order valence-corrected chi connectivity index (χ2v) is 6.02. The Morgan fingerprint density at radius 3 is 2.73 bits per heavy atom. The minimum atomic E-state index is 0.252. The molecule has 1 saturated heterocycles. The smallest absolute Gasteiger partial charge is 0.171 e. The second kappa shape index (κ2) is 5.30. The Hall–Kier alpha value is -2.05. The lowest BCUT2D eigenvalue weighted by Crippen LogP contribution is -2.45. The summed E-state index contributed by atoms with van der Waals surface area (Å²) in [5.74, 6) is 0.926. The van der Waals surface area contributed by atoms with E-state index in [2.05, 4.69) is 33.9 Å². The number of nitrogens with zero attached hydrogens (tertiary/aromatic N) is 5. The molecule has 0 radical (unpaired) electrons. The molecule has 2 aromatic heterocycles. The van der Waals surface area contributed by atoms with Gasteiger partial charge in [0.05, 0.1) is 24.3 Å². The van der Waals surface area contributed by atoms with E-state index in [9.17, 15) is 0 Å². The fraction of sp³-hybridized carbons (Fsp3) is 0.438. The maximum Gasteiger partial charge on any atom is 0.171 e. The summed E-state index contributed by atoms with van der Waals surface area (Å²) in [6.07, 6.45) is 2.32. The zero-order chi connectivity index (χ0) is 15.1. The third kappa shape index (κ3) is 2.34. The molecule has 2 atom stereocenters. The summed E-state index contributed by atoms with van der Waals surface area (Å²) >= 11 is 0. The molecule has 0 spiro atoms. The molecule has 0 aliphatic carbocycles. The van der Waals surface area contributed by atoms with Gasteiger partial charge >= 0.3 is 0 Å². The zero-order valence-corrected chi connectivity index (χ0v) is 12.8. The number of fused-ring (bicyclic) bond motifs is 3. The number of para-hydroxylation sites is 1. The number of hydrogen-bond donors (Lipinski definition) is 0. The van der Waals surface area contributed by atoms with Crippen molar-refractivity contribution in [2.45, 2.75) is 32.6 Å². The molecular weight excluding hydrogens is 278 g/mol. The van der Waals surface area contributed by atoms with Gasteiger partial charge in [0.25, 0.3) is 0 Å². The number of hydrogen-bond acceptors (Lipinski definition) is 5. The van der Waals surface area contributed by atoms with Crippen LogP contribution in [-0.4, -0.2) is 49.8 Å². The third-order valence-corrected chi connectivity index (χ3v) is 4.08. The number of benzene rings is 1. The van der Waals surface area contributed by atoms with Crippen molar-refractivity contribution in [3.63, 3.8) is 0 Å². The lowest BCUT2D eigenvalue weighted by atomic mass is 10.2. The Labute approximate surface area is 128 Å². The van der Waals surface area contributed by atoms with E-state index in [4.69, 9.17) is 4.74 Å². The molecule has 1 aromatic carbocycles. The highest BCUT2D eigenvalue weighted by Crippen LogP contribution is 2.18. The summed E-state index contributed by atoms with van der Waals surface area (Å²) in [4.78, 5) is 6.87. The lowest BCUT2D eigenvalue weighted by Gasteiger charge is -2.34. The number of ether oxygens (including phenoxy) is 1. The van der Waals surface area contributed by atoms with Crippen LogP contribution in [-0.2, 0) is 11.3 Å². The SMILES string of the molecule is CC1CN(Cc2nnc3c4ccccc4ncn23)CC(C)O1. The van der Waals surface area contributed by atoms with Gasteiger partial charge in [-0.15, -0.1) is 10.2 Å². The van der Waals surface area contributed by atoms with E-state index >= 15 is 0 Å². The standard InChI is InChI=1S/C16H19N5O/c1-11-7-20(8-12(2)22-11)9-15-18-19-16-13-5-3-4-6-14(13)17-10-21(15)16/h3-6,10-12H,7-9H2,1-2H3. The van der Waals surface area contributed by atoms with Crippen LogP contribution in [0.4, 0.5) is 0 Å². The first kappa shape index (κ1) is 13.6. The van der Waals surface area contributed by atoms with Crippen molar-refractivity contribution in [2.24, 2.45) is 0 Å². The minimum Gasteiger partial charge on any atom is -0.373 e. The van der Waals surface area contributed by atoms with Crippen LogP contribution in [0.5, 0.6) is 0 Å². The van der Waals surface area contributed by atoms with Crippen LogP contribution in [0.15, 0.2) is 30.6 Å². The second-order valence-electron chi connectivity index (χ2n) is 6.02. The molecule has 22 heavy (non-hydrogen) atoms. The molecule has 6 heteroatoms. The van der Waals surface area contributed by atoms with E-state index in [1.807, 2.05) is 35.0 Å². The van der Waals surface area contributed by atoms with E-state index in [-0.39, 0.29) is 12.2 Å². The van der Waals surface area contributed by atoms with Crippen LogP contribution >= 0.6 is 0 Å². The zero-order valence-electron chi connectivity index (χ0n) is 12.8. The van der Waals surface area contributed by atoms with E-state index in [1.54, 1.807) is 0 Å². The Bertz CT molecular complexity index is 805. The molecule has 0 saturated carbocycles. The summed E-state index contributed by atoms with van der Waals surface area (Å²) in [5, 5.41) is 9.78. The van der Waals surface area contributed by atoms with Crippen LogP contribution in [0.3, 0.4) is 0 Å². The molecule has 4 rings (SSSR count). The third-order valence-electron chi connectivity index (χ3n) is 4.08. The van der Waals surface area contributed by atoms with Crippen molar-refractivity contribution in [3.8, 4) is 0 Å². The number of morpholine rings is 1. The number of rotatable bonds is 2. The Morgan fingerprint density at radius 1 is 1.14 bits per heavy atom. The molecule has 3 aromatic rings. The van der Waals surface area contributed by atoms with Crippen molar-refractivity contribution in [1.29, 1.82) is 0 Å². The topological polar surface area (TPSA) is 55.6 Å². The van der Waals surface area contributed by atoms with Crippen LogP contribution < -0.4 is 0 Å². The summed E-state index contributed by atoms with van der Waals surface area (Å²) in [5.41, 5.74) is 1.82. The quantitative estimate of drug-likeness (QED) is 0.723. The van der Waals surface area contributed by atoms with Crippen LogP contribution in [0.2, 0.25) is 0 Å². The fourth-order valence-electron chi connectivity index (χ4n) is 3.25. The van der Waals surface area contributed by atoms with E-state index in [1.165, 1.54) is 0 Å². The van der Waals surface area contributed by atoms with Gasteiger partial charge < -0.3 is 4.74 Å². The van der Waals surface area contributed by atoms with Gasteiger partial charge in [0.15, 0.2) is 11.5 Å². The van der Waals surface area contributed by atoms with Gasteiger partial charge in [-0.1, -0.05) is 12.1 Å². The lowest BCUT2D eigenvalue weighted by molar-refractivity contribution is -0.0711. The average molecular weight is 297 g/mol. The fourth-order valence-corrected chi connectivity index (χ4v) is 3.25. The largest absolute Gasteiger partial charge is 0.373 e. The molecule has 1 aliphatic rings. The summed E-state index contributed by atoms with van der Waals surface area (Å²) in [6, 6.07) is 8.02. The highest BCUT2D eigenvalue weighted by Gasteiger charge is 2.23. The predicted octanol–water partition coefficient (Wildman–Crippen LogP) is 1.89. The van der Waals surface area contributed by atoms with Crippen molar-refractivity contribution in [3.05, 3.63) is 36.4 Å². The highest BCUT2D eigenvalue weighted by molar-refractivity contribution is 5.90. The molecular formula is C16H19N5O. The van der Waals surface area contributed by atoms with Gasteiger partial charge in [0.1, 0.15) is 6.33 Å². The van der Waals surface area contributed by atoms with Gasteiger partial charge in [-0.2, -0.15) is 0 Å². The van der Waals surface area contributed by atoms with Gasteiger partial charge in [-0.25, -0.2) is 4.98 Å². The summed E-state index contributed by atoms with van der Waals surface area (Å²) < 4.78 is 7.78. The summed E-state index contributed by atoms with van der Waals surface area (Å²) in [6.45, 7) is 6.82. The van der Waals surface area contributed by atoms with Crippen molar-refractivity contribution >= 4 is 16.6 Å². The molecule has 0 bridgehead atoms. The average Bonchev–Trinajstić information content (AvgIpc) is 2.90. The Kier molecular flexibility index (Phi) is 3.28. The minimum absolute atomic E-state index is 0.252. The maximum atomic E-state index is 5.78. The molecule has 0 N–H and O–H groups in total. The predicted molar refractivity (Wildman–Crippen MR) is 83.6 cm³/mol. The Balaban J connectivity index is 1.69. The molecule has 114 valence electrons. The van der Waals surface area contributed by atoms with Gasteiger partial charge in [-0.05, 0) is 26.0 Å². The molecule has 1 aliphatic heterocycles. The van der Waals surface area contributed by atoms with Crippen molar-refractivity contribution in [2.75, 3.05) is 13.1 Å². The van der Waals surface area contributed by atoms with Crippen molar-refractivity contribution in [1.82, 2.24) is 24.5 Å². The van der Waals surface area contributed by atoms with Crippen molar-refractivity contribution < 1.29 is 4.74 Å². The summed E-state index contributed by atoms with van der Waals surface area (Å²) in [7, 11) is 0. The van der Waals surface area contributed by atoms with Gasteiger partial charge in [0, 0.05) is 18.5 Å². The van der Waals surface area contributed by atoms with E-state index < -0.39 is 0 Å². The first-order valence-corrected chi connectivity index (χ1v) is 7.66. The highest BCUT2D eigenvalue weighted by atomic mass is 16.5. The van der Waals surface area contributed by atoms with Crippen LogP contribution in [0, 0.1) is 0 Å². The van der Waals surface area contributed by atoms with Crippen LogP contribution in [0.25, 0.3) is 16.6 Å². The van der Waals surface area contributed by atoms with E-state index in [0.717, 1.165) is 42.0 Å². The first-order valence-electron chi connectivity index (χ1n) is 7.66. The normalized spacial score (nSPS) is 23.4. The maximum absolute atomic E-state index is 5.78. The van der Waals surface area contributed by atoms with Gasteiger partial charge in [-0.3, -0.25) is 9.30 Å². The van der Waals surface area contributed by atoms with E-state index in [0.29, 0.717) is 0 Å². The Morgan fingerprint density at radius 2 is 1.91 bits per heavy atom. The first-order chi connectivity index (χ1) is 10.7. The van der Waals surface area contributed by atoms with Crippen LogP contribution in [0.1, 0.15) is 19.7 Å². The molecule has 3 heterocycles. The molecule has 1 fully saturated rings. The molecule has 6 nitrogen and oxygen atoms in total. The monoisotopic (exact) mass is 297 g/mol. The molecule has 2 unspecified atom stereocenters. The van der Waals surface area contributed by atoms with Gasteiger partial charge in [0.2, 0.25) is 0 Å². The molecule has 0 amide bonds.